The van der Waals surface area contributed by atoms with Crippen LogP contribution in [0.15, 0.2) is 57.7 Å². The first-order valence-corrected chi connectivity index (χ1v) is 17.3. The van der Waals surface area contributed by atoms with Gasteiger partial charge in [0.1, 0.15) is 58.8 Å². The van der Waals surface area contributed by atoms with Gasteiger partial charge < -0.3 is 75.4 Å². The topological polar surface area (TPSA) is 271 Å². The Balaban J connectivity index is 1.18. The second-order valence-corrected chi connectivity index (χ2v) is 13.6. The number of ether oxygens (including phenoxy) is 4. The van der Waals surface area contributed by atoms with E-state index in [0.717, 1.165) is 12.8 Å². The number of carbonyl (C=O) groups is 1. The summed E-state index contributed by atoms with van der Waals surface area (Å²) in [5, 5.41) is 71.5. The first kappa shape index (κ1) is 36.5. The Morgan fingerprint density at radius 3 is 2.49 bits per heavy atom. The summed E-state index contributed by atoms with van der Waals surface area (Å²) < 4.78 is 29.5. The van der Waals surface area contributed by atoms with E-state index < -0.39 is 59.5 Å². The van der Waals surface area contributed by atoms with Crippen LogP contribution in [0.1, 0.15) is 43.9 Å². The summed E-state index contributed by atoms with van der Waals surface area (Å²) >= 11 is 0. The Morgan fingerprint density at radius 1 is 1.08 bits per heavy atom. The maximum atomic E-state index is 13.5. The van der Waals surface area contributed by atoms with Crippen molar-refractivity contribution < 1.29 is 58.8 Å². The Bertz CT molecular complexity index is 1990. The number of aliphatic hydroxyl groups excluding tert-OH is 3. The number of aromatic nitrogens is 1. The summed E-state index contributed by atoms with van der Waals surface area (Å²) in [5.41, 5.74) is 3.50. The summed E-state index contributed by atoms with van der Waals surface area (Å²) in [4.78, 5) is 28.7. The quantitative estimate of drug-likeness (QED) is 0.0973. The molecule has 0 radical (unpaired) electrons. The smallest absolute Gasteiger partial charge is 0.336 e. The highest BCUT2D eigenvalue weighted by Crippen LogP contribution is 2.46. The molecule has 4 aromatic rings. The lowest BCUT2D eigenvalue weighted by Crippen LogP contribution is -2.70. The molecular formula is C36H42N4O13. The lowest BCUT2D eigenvalue weighted by molar-refractivity contribution is -0.307. The Kier molecular flexibility index (Phi) is 10.2. The molecule has 53 heavy (non-hydrogen) atoms. The molecule has 3 aliphatic rings. The van der Waals surface area contributed by atoms with Crippen molar-refractivity contribution in [2.24, 2.45) is 0 Å². The van der Waals surface area contributed by atoms with Crippen LogP contribution in [0.5, 0.6) is 23.0 Å². The fraction of sp³-hybridized carbons (Fsp3) is 0.444. The summed E-state index contributed by atoms with van der Waals surface area (Å²) in [5.74, 6) is -1.78. The number of aromatic amines is 1. The number of fused-ring (bicyclic) bond motifs is 1. The number of benzene rings is 2. The zero-order valence-corrected chi connectivity index (χ0v) is 28.4. The average Bonchev–Trinajstić information content (AvgIpc) is 3.93. The van der Waals surface area contributed by atoms with Crippen LogP contribution in [0.4, 0.5) is 5.82 Å². The fourth-order valence-electron chi connectivity index (χ4n) is 7.11. The number of phenolic OH excluding ortho intramolecular Hbond substituents is 1. The predicted molar refractivity (Wildman–Crippen MR) is 186 cm³/mol. The van der Waals surface area contributed by atoms with E-state index in [9.17, 15) is 40.2 Å². The third kappa shape index (κ3) is 7.37. The summed E-state index contributed by atoms with van der Waals surface area (Å²) in [6.45, 7) is 0.735. The number of aliphatic hydroxyl groups is 4. The minimum Gasteiger partial charge on any atom is -0.504 e. The molecule has 17 heteroatoms. The molecule has 7 rings (SSSR count). The van der Waals surface area contributed by atoms with Gasteiger partial charge in [0.25, 0.3) is 0 Å². The normalized spacial score (nSPS) is 26.8. The molecule has 2 aromatic carbocycles. The maximum Gasteiger partial charge on any atom is 0.336 e. The SMILES string of the molecule is Nc1ccc([C@@H](O)COc2ccc(-c3cc(=O)c4c(O)c(OC5CCCC5)c(O[C@@H]5O[C@H](C(=O)O)[C@](O)(C[C@H]6CNCN6)[C@@H](O)[C@H]5O)cc4o3)cc2)[nH]1. The zero-order chi connectivity index (χ0) is 37.4. The number of rotatable bonds is 12. The molecule has 3 fully saturated rings. The molecule has 4 heterocycles. The van der Waals surface area contributed by atoms with E-state index in [0.29, 0.717) is 48.9 Å². The van der Waals surface area contributed by atoms with Crippen molar-refractivity contribution in [2.45, 2.75) is 80.6 Å². The third-order valence-electron chi connectivity index (χ3n) is 9.92. The zero-order valence-electron chi connectivity index (χ0n) is 28.4. The van der Waals surface area contributed by atoms with E-state index in [2.05, 4.69) is 15.6 Å². The van der Waals surface area contributed by atoms with Gasteiger partial charge in [-0.3, -0.25) is 4.79 Å². The van der Waals surface area contributed by atoms with Gasteiger partial charge in [0.15, 0.2) is 23.0 Å². The average molecular weight is 739 g/mol. The van der Waals surface area contributed by atoms with Gasteiger partial charge in [0, 0.05) is 42.6 Å². The molecule has 284 valence electrons. The van der Waals surface area contributed by atoms with Crippen LogP contribution in [0.25, 0.3) is 22.3 Å². The largest absolute Gasteiger partial charge is 0.504 e. The van der Waals surface area contributed by atoms with E-state index >= 15 is 0 Å². The standard InChI is InChI=1S/C36H42N4O13/c37-27-10-9-21(40-27)23(42)15-49-19-7-5-17(6-8-19)24-11-22(41)28-25(51-24)12-26(31(29(28)43)50-20-3-1-2-4-20)52-35-30(44)32(45)36(48,33(53-35)34(46)47)13-18-14-38-16-39-18/h5-12,18,20,23,30,32-33,35,38-40,42-45,48H,1-4,13-16,37H2,(H,46,47)/t18-,23-,30+,32-,33+,35+,36-/m0/s1. The van der Waals surface area contributed by atoms with Crippen LogP contribution in [0.3, 0.4) is 0 Å². The van der Waals surface area contributed by atoms with Crippen molar-refractivity contribution in [3.05, 3.63) is 64.4 Å². The monoisotopic (exact) mass is 738 g/mol. The van der Waals surface area contributed by atoms with Crippen LogP contribution in [0, 0.1) is 0 Å². The first-order valence-electron chi connectivity index (χ1n) is 17.3. The van der Waals surface area contributed by atoms with Crippen molar-refractivity contribution in [3.8, 4) is 34.3 Å². The molecular weight excluding hydrogens is 696 g/mol. The highest BCUT2D eigenvalue weighted by Gasteiger charge is 2.59. The number of nitrogen functional groups attached to an aromatic ring is 1. The van der Waals surface area contributed by atoms with E-state index in [-0.39, 0.29) is 47.4 Å². The predicted octanol–water partition coefficient (Wildman–Crippen LogP) is 1.06. The number of aliphatic carboxylic acids is 1. The minimum atomic E-state index is -2.40. The molecule has 1 saturated carbocycles. The van der Waals surface area contributed by atoms with Gasteiger partial charge in [-0.15, -0.1) is 0 Å². The lowest BCUT2D eigenvalue weighted by Gasteiger charge is -2.47. The van der Waals surface area contributed by atoms with Crippen LogP contribution >= 0.6 is 0 Å². The molecule has 2 aromatic heterocycles. The molecule has 1 aliphatic carbocycles. The van der Waals surface area contributed by atoms with Gasteiger partial charge in [0.2, 0.25) is 12.0 Å². The van der Waals surface area contributed by atoms with Gasteiger partial charge in [0.05, 0.1) is 6.10 Å². The molecule has 17 nitrogen and oxygen atoms in total. The number of carboxylic acid groups (broad SMARTS) is 1. The molecule has 2 saturated heterocycles. The van der Waals surface area contributed by atoms with Gasteiger partial charge >= 0.3 is 5.97 Å². The van der Waals surface area contributed by atoms with Crippen LogP contribution in [0.2, 0.25) is 0 Å². The van der Waals surface area contributed by atoms with E-state index in [1.807, 2.05) is 0 Å². The number of nitrogens with one attached hydrogen (secondary N) is 3. The maximum absolute atomic E-state index is 13.5. The van der Waals surface area contributed by atoms with E-state index in [1.54, 1.807) is 36.4 Å². The fourth-order valence-corrected chi connectivity index (χ4v) is 7.11. The first-order chi connectivity index (χ1) is 25.4. The number of phenols is 1. The van der Waals surface area contributed by atoms with Crippen molar-refractivity contribution in [2.75, 3.05) is 25.6 Å². The van der Waals surface area contributed by atoms with E-state index in [4.69, 9.17) is 29.1 Å². The second-order valence-electron chi connectivity index (χ2n) is 13.6. The van der Waals surface area contributed by atoms with Gasteiger partial charge in [-0.25, -0.2) is 4.79 Å². The summed E-state index contributed by atoms with van der Waals surface area (Å²) in [6.07, 6.45) is -6.37. The van der Waals surface area contributed by atoms with Crippen LogP contribution < -0.4 is 36.0 Å². The Labute approximate surface area is 301 Å². The van der Waals surface area contributed by atoms with Gasteiger partial charge in [-0.1, -0.05) is 0 Å². The summed E-state index contributed by atoms with van der Waals surface area (Å²) in [6, 6.07) is 11.8. The van der Waals surface area contributed by atoms with E-state index in [1.165, 1.54) is 12.1 Å². The number of hydrogen-bond donors (Lipinski definition) is 10. The molecule has 0 unspecified atom stereocenters. The molecule has 2 aliphatic heterocycles. The number of anilines is 1. The molecule has 0 spiro atoms. The molecule has 7 atom stereocenters. The third-order valence-corrected chi connectivity index (χ3v) is 9.92. The van der Waals surface area contributed by atoms with Crippen molar-refractivity contribution in [1.29, 1.82) is 0 Å². The van der Waals surface area contributed by atoms with Crippen LogP contribution in [-0.2, 0) is 9.53 Å². The molecule has 0 bridgehead atoms. The van der Waals surface area contributed by atoms with Gasteiger partial charge in [-0.05, 0) is 68.5 Å². The van der Waals surface area contributed by atoms with Crippen molar-refractivity contribution in [1.82, 2.24) is 15.6 Å². The number of carboxylic acids is 1. The highest BCUT2D eigenvalue weighted by molar-refractivity contribution is 5.89. The number of hydrogen-bond acceptors (Lipinski definition) is 15. The van der Waals surface area contributed by atoms with Gasteiger partial charge in [-0.2, -0.15) is 0 Å². The summed E-state index contributed by atoms with van der Waals surface area (Å²) in [7, 11) is 0. The van der Waals surface area contributed by atoms with Crippen molar-refractivity contribution >= 4 is 22.8 Å². The Morgan fingerprint density at radius 2 is 1.83 bits per heavy atom. The molecule has 0 amide bonds. The highest BCUT2D eigenvalue weighted by atomic mass is 16.7. The van der Waals surface area contributed by atoms with Crippen molar-refractivity contribution in [3.63, 3.8) is 0 Å². The number of aromatic hydroxyl groups is 1. The number of nitrogens with two attached hydrogens (primary N) is 1. The second kappa shape index (κ2) is 14.9. The molecule has 11 N–H and O–H groups in total. The van der Waals surface area contributed by atoms with Crippen LogP contribution in [-0.4, -0.2) is 104 Å². The Hall–Kier alpha value is -4.88. The lowest BCUT2D eigenvalue weighted by atomic mass is 9.79. The number of H-pyrrole nitrogens is 1. The minimum absolute atomic E-state index is 0.0597.